The van der Waals surface area contributed by atoms with Gasteiger partial charge in [0, 0.05) is 12.5 Å². The summed E-state index contributed by atoms with van der Waals surface area (Å²) in [4.78, 5) is 25.8. The van der Waals surface area contributed by atoms with E-state index in [2.05, 4.69) is 0 Å². The molecule has 124 valence electrons. The van der Waals surface area contributed by atoms with Crippen LogP contribution >= 0.6 is 0 Å². The van der Waals surface area contributed by atoms with Crippen molar-refractivity contribution in [3.8, 4) is 11.4 Å². The van der Waals surface area contributed by atoms with Crippen LogP contribution in [0, 0.1) is 12.3 Å². The molecule has 0 spiro atoms. The Hall–Kier alpha value is -2.82. The summed E-state index contributed by atoms with van der Waals surface area (Å²) >= 11 is 0. The number of hydrogen-bond donors (Lipinski definition) is 1. The molecule has 0 bridgehead atoms. The monoisotopic (exact) mass is 324 g/mol. The van der Waals surface area contributed by atoms with Crippen molar-refractivity contribution in [3.05, 3.63) is 67.7 Å². The van der Waals surface area contributed by atoms with Crippen molar-refractivity contribution in [2.45, 2.75) is 20.8 Å². The molecule has 0 aliphatic heterocycles. The van der Waals surface area contributed by atoms with Crippen molar-refractivity contribution in [1.29, 1.82) is 0 Å². The number of rotatable bonds is 1. The van der Waals surface area contributed by atoms with Crippen LogP contribution in [0.4, 0.5) is 0 Å². The maximum Gasteiger partial charge on any atom is 0.278 e. The quantitative estimate of drug-likeness (QED) is 0.877. The Balaban J connectivity index is 2.41. The predicted molar refractivity (Wildman–Crippen MR) is 95.5 cm³/mol. The van der Waals surface area contributed by atoms with Crippen molar-refractivity contribution in [1.82, 2.24) is 9.36 Å². The Morgan fingerprint density at radius 2 is 1.58 bits per heavy atom. The Kier molecular flexibility index (Phi) is 3.59. The highest BCUT2D eigenvalue weighted by molar-refractivity contribution is 5.67. The van der Waals surface area contributed by atoms with Crippen LogP contribution in [0.25, 0.3) is 17.8 Å². The second-order valence-corrected chi connectivity index (χ2v) is 6.75. The first-order valence-electron chi connectivity index (χ1n) is 7.76. The first kappa shape index (κ1) is 16.1. The normalized spacial score (nSPS) is 15.2. The number of aryl methyl sites for hydroxylation is 1. The predicted octanol–water partition coefficient (Wildman–Crippen LogP) is 2.62. The highest BCUT2D eigenvalue weighted by Crippen LogP contribution is 2.26. The molecule has 0 amide bonds. The average Bonchev–Trinajstić information content (AvgIpc) is 2.67. The SMILES string of the molecule is Cc1ccc(O)c(-n2c(=O)c3c(c(=O)n2C)C=CC(C)(C)C=C3)c1. The van der Waals surface area contributed by atoms with E-state index in [-0.39, 0.29) is 22.3 Å². The van der Waals surface area contributed by atoms with Crippen LogP contribution in [0.15, 0.2) is 39.9 Å². The van der Waals surface area contributed by atoms with E-state index in [0.717, 1.165) is 5.56 Å². The van der Waals surface area contributed by atoms with Crippen molar-refractivity contribution < 1.29 is 5.11 Å². The van der Waals surface area contributed by atoms with E-state index in [1.165, 1.54) is 22.5 Å². The van der Waals surface area contributed by atoms with Crippen LogP contribution in [0.3, 0.4) is 0 Å². The van der Waals surface area contributed by atoms with Gasteiger partial charge in [-0.2, -0.15) is 0 Å². The number of fused-ring (bicyclic) bond motifs is 1. The molecule has 0 radical (unpaired) electrons. The summed E-state index contributed by atoms with van der Waals surface area (Å²) in [6.07, 6.45) is 7.21. The molecule has 1 aliphatic rings. The van der Waals surface area contributed by atoms with Gasteiger partial charge < -0.3 is 5.11 Å². The van der Waals surface area contributed by atoms with Gasteiger partial charge in [0.15, 0.2) is 0 Å². The third kappa shape index (κ3) is 2.52. The van der Waals surface area contributed by atoms with Crippen LogP contribution in [0.2, 0.25) is 0 Å². The molecule has 0 fully saturated rings. The maximum atomic E-state index is 13.0. The zero-order chi connectivity index (χ0) is 17.6. The molecule has 1 aliphatic carbocycles. The van der Waals surface area contributed by atoms with Gasteiger partial charge in [0.1, 0.15) is 11.4 Å². The number of benzene rings is 1. The lowest BCUT2D eigenvalue weighted by Crippen LogP contribution is -2.38. The fraction of sp³-hybridized carbons (Fsp3) is 0.263. The van der Waals surface area contributed by atoms with Gasteiger partial charge in [0.05, 0.1) is 11.1 Å². The van der Waals surface area contributed by atoms with E-state index in [1.54, 1.807) is 24.3 Å². The van der Waals surface area contributed by atoms with Crippen LogP contribution in [-0.4, -0.2) is 14.5 Å². The number of nitrogens with zero attached hydrogens (tertiary/aromatic N) is 2. The number of phenols is 1. The minimum atomic E-state index is -0.341. The van der Waals surface area contributed by atoms with Crippen LogP contribution in [0.1, 0.15) is 30.5 Å². The largest absolute Gasteiger partial charge is 0.506 e. The molecule has 24 heavy (non-hydrogen) atoms. The Morgan fingerprint density at radius 3 is 2.21 bits per heavy atom. The Labute approximate surface area is 139 Å². The van der Waals surface area contributed by atoms with Crippen molar-refractivity contribution in [2.24, 2.45) is 12.5 Å². The molecule has 1 aromatic carbocycles. The van der Waals surface area contributed by atoms with Gasteiger partial charge in [0.2, 0.25) is 0 Å². The molecule has 0 atom stereocenters. The van der Waals surface area contributed by atoms with Gasteiger partial charge in [-0.15, -0.1) is 0 Å². The summed E-state index contributed by atoms with van der Waals surface area (Å²) in [5.41, 5.74) is 1.01. The lowest BCUT2D eigenvalue weighted by molar-refractivity contribution is 0.461. The highest BCUT2D eigenvalue weighted by Gasteiger charge is 2.21. The third-order valence-corrected chi connectivity index (χ3v) is 4.26. The molecular formula is C19H20N2O3. The molecule has 1 aromatic heterocycles. The third-order valence-electron chi connectivity index (χ3n) is 4.26. The Morgan fingerprint density at radius 1 is 1.00 bits per heavy atom. The van der Waals surface area contributed by atoms with E-state index in [1.807, 2.05) is 32.9 Å². The average molecular weight is 324 g/mol. The minimum absolute atomic E-state index is 0.0499. The number of aromatic nitrogens is 2. The first-order valence-corrected chi connectivity index (χ1v) is 7.76. The first-order chi connectivity index (χ1) is 11.2. The number of phenolic OH excluding ortho intramolecular Hbond substituents is 1. The zero-order valence-corrected chi connectivity index (χ0v) is 14.2. The van der Waals surface area contributed by atoms with E-state index < -0.39 is 0 Å². The summed E-state index contributed by atoms with van der Waals surface area (Å²) < 4.78 is 2.46. The Bertz CT molecular complexity index is 1000. The molecule has 1 N–H and O–H groups in total. The molecule has 0 unspecified atom stereocenters. The molecule has 1 heterocycles. The second-order valence-electron chi connectivity index (χ2n) is 6.75. The van der Waals surface area contributed by atoms with E-state index >= 15 is 0 Å². The van der Waals surface area contributed by atoms with Crippen molar-refractivity contribution in [3.63, 3.8) is 0 Å². The highest BCUT2D eigenvalue weighted by atomic mass is 16.3. The van der Waals surface area contributed by atoms with Crippen LogP contribution in [-0.2, 0) is 7.05 Å². The molecule has 0 saturated carbocycles. The fourth-order valence-electron chi connectivity index (χ4n) is 2.79. The molecule has 0 saturated heterocycles. The summed E-state index contributed by atoms with van der Waals surface area (Å²) in [7, 11) is 1.53. The minimum Gasteiger partial charge on any atom is -0.506 e. The van der Waals surface area contributed by atoms with Gasteiger partial charge in [-0.3, -0.25) is 9.59 Å². The van der Waals surface area contributed by atoms with Crippen molar-refractivity contribution >= 4 is 12.2 Å². The van der Waals surface area contributed by atoms with Gasteiger partial charge in [-0.1, -0.05) is 44.2 Å². The number of aromatic hydroxyl groups is 1. The van der Waals surface area contributed by atoms with Crippen molar-refractivity contribution in [2.75, 3.05) is 0 Å². The van der Waals surface area contributed by atoms with Gasteiger partial charge >= 0.3 is 0 Å². The summed E-state index contributed by atoms with van der Waals surface area (Å²) in [5, 5.41) is 10.2. The summed E-state index contributed by atoms with van der Waals surface area (Å²) in [6, 6.07) is 4.95. The lowest BCUT2D eigenvalue weighted by atomic mass is 9.93. The second kappa shape index (κ2) is 5.37. The van der Waals surface area contributed by atoms with Crippen LogP contribution < -0.4 is 11.1 Å². The smallest absolute Gasteiger partial charge is 0.278 e. The van der Waals surface area contributed by atoms with E-state index in [9.17, 15) is 14.7 Å². The van der Waals surface area contributed by atoms with E-state index in [0.29, 0.717) is 16.8 Å². The number of hydrogen-bond acceptors (Lipinski definition) is 3. The summed E-state index contributed by atoms with van der Waals surface area (Å²) in [6.45, 7) is 5.86. The molecule has 5 heteroatoms. The van der Waals surface area contributed by atoms with Gasteiger partial charge in [-0.05, 0) is 24.6 Å². The molecule has 5 nitrogen and oxygen atoms in total. The molecule has 3 rings (SSSR count). The van der Waals surface area contributed by atoms with Gasteiger partial charge in [-0.25, -0.2) is 9.36 Å². The standard InChI is InChI=1S/C19H20N2O3/c1-12-5-6-16(22)15(11-12)21-18(24)14-8-10-19(2,3)9-7-13(14)17(23)20(21)4/h5-11,22H,1-4H3. The zero-order valence-electron chi connectivity index (χ0n) is 14.2. The molecular weight excluding hydrogens is 304 g/mol. The fourth-order valence-corrected chi connectivity index (χ4v) is 2.79. The summed E-state index contributed by atoms with van der Waals surface area (Å²) in [5.74, 6) is -0.0499. The van der Waals surface area contributed by atoms with Gasteiger partial charge in [0.25, 0.3) is 11.1 Å². The maximum absolute atomic E-state index is 13.0. The topological polar surface area (TPSA) is 64.2 Å². The van der Waals surface area contributed by atoms with Crippen LogP contribution in [0.5, 0.6) is 5.75 Å². The lowest BCUT2D eigenvalue weighted by Gasteiger charge is -2.15. The number of allylic oxidation sites excluding steroid dienone is 2. The van der Waals surface area contributed by atoms with E-state index in [4.69, 9.17) is 0 Å². The molecule has 2 aromatic rings.